The number of hydrogen-bond donors (Lipinski definition) is 1. The van der Waals surface area contributed by atoms with Gasteiger partial charge in [0.2, 0.25) is 0 Å². The van der Waals surface area contributed by atoms with Crippen molar-refractivity contribution < 1.29 is 4.74 Å². The van der Waals surface area contributed by atoms with Crippen LogP contribution < -0.4 is 10.6 Å². The molecule has 1 atom stereocenters. The third kappa shape index (κ3) is 3.47. The molecule has 0 heterocycles. The summed E-state index contributed by atoms with van der Waals surface area (Å²) < 4.78 is 5.57. The highest BCUT2D eigenvalue weighted by atomic mass is 16.5. The number of rotatable bonds is 6. The minimum absolute atomic E-state index is 0.170. The van der Waals surface area contributed by atoms with Gasteiger partial charge in [0.1, 0.15) is 0 Å². The van der Waals surface area contributed by atoms with Gasteiger partial charge in [-0.2, -0.15) is 0 Å². The number of benzene rings is 1. The fourth-order valence-electron chi connectivity index (χ4n) is 2.07. The van der Waals surface area contributed by atoms with Crippen LogP contribution in [0.4, 0.5) is 5.69 Å². The normalized spacial score (nSPS) is 14.3. The third-order valence-electron chi connectivity index (χ3n) is 3.46. The maximum atomic E-state index is 5.94. The SMILES string of the molecule is CCOCC(C)(CN)N(C)c1cc(C)cc(C)c1. The maximum Gasteiger partial charge on any atom is 0.0725 e. The van der Waals surface area contributed by atoms with Crippen molar-refractivity contribution >= 4 is 5.69 Å². The fourth-order valence-corrected chi connectivity index (χ4v) is 2.07. The smallest absolute Gasteiger partial charge is 0.0725 e. The molecule has 0 saturated carbocycles. The third-order valence-corrected chi connectivity index (χ3v) is 3.46. The Bertz CT molecular complexity index is 372. The van der Waals surface area contributed by atoms with Crippen LogP contribution in [0.3, 0.4) is 0 Å². The van der Waals surface area contributed by atoms with Crippen molar-refractivity contribution in [3.8, 4) is 0 Å². The highest BCUT2D eigenvalue weighted by Crippen LogP contribution is 2.24. The quantitative estimate of drug-likeness (QED) is 0.843. The van der Waals surface area contributed by atoms with Gasteiger partial charge in [-0.15, -0.1) is 0 Å². The van der Waals surface area contributed by atoms with Gasteiger partial charge >= 0.3 is 0 Å². The average Bonchev–Trinajstić information content (AvgIpc) is 2.33. The van der Waals surface area contributed by atoms with Gasteiger partial charge in [0.25, 0.3) is 0 Å². The number of aryl methyl sites for hydroxylation is 2. The molecule has 2 N–H and O–H groups in total. The zero-order chi connectivity index (χ0) is 13.8. The molecule has 1 unspecified atom stereocenters. The van der Waals surface area contributed by atoms with Crippen LogP contribution in [0.25, 0.3) is 0 Å². The predicted octanol–water partition coefficient (Wildman–Crippen LogP) is 2.49. The van der Waals surface area contributed by atoms with Crippen molar-refractivity contribution in [2.24, 2.45) is 5.73 Å². The van der Waals surface area contributed by atoms with E-state index >= 15 is 0 Å². The molecule has 3 nitrogen and oxygen atoms in total. The summed E-state index contributed by atoms with van der Waals surface area (Å²) in [6.07, 6.45) is 0. The number of likely N-dealkylation sites (N-methyl/N-ethyl adjacent to an activating group) is 1. The summed E-state index contributed by atoms with van der Waals surface area (Å²) in [5, 5.41) is 0. The Balaban J connectivity index is 2.98. The van der Waals surface area contributed by atoms with Crippen molar-refractivity contribution in [1.82, 2.24) is 0 Å². The first-order valence-electron chi connectivity index (χ1n) is 6.53. The molecule has 0 aliphatic rings. The summed E-state index contributed by atoms with van der Waals surface area (Å²) in [6.45, 7) is 10.3. The standard InChI is InChI=1S/C15H26N2O/c1-6-18-11-15(4,10-16)17(5)14-8-12(2)7-13(3)9-14/h7-9H,6,10-11,16H2,1-5H3. The van der Waals surface area contributed by atoms with Crippen molar-refractivity contribution in [2.45, 2.75) is 33.2 Å². The second kappa shape index (κ2) is 6.21. The first kappa shape index (κ1) is 15.0. The van der Waals surface area contributed by atoms with Crippen LogP contribution in [0.2, 0.25) is 0 Å². The lowest BCUT2D eigenvalue weighted by atomic mass is 10.00. The van der Waals surface area contributed by atoms with Crippen LogP contribution in [0.15, 0.2) is 18.2 Å². The summed E-state index contributed by atoms with van der Waals surface area (Å²) in [7, 11) is 2.08. The summed E-state index contributed by atoms with van der Waals surface area (Å²) in [6, 6.07) is 6.55. The van der Waals surface area contributed by atoms with Gasteiger partial charge in [0.05, 0.1) is 12.1 Å². The van der Waals surface area contributed by atoms with Gasteiger partial charge in [-0.3, -0.25) is 0 Å². The predicted molar refractivity (Wildman–Crippen MR) is 78.3 cm³/mol. The average molecular weight is 250 g/mol. The lowest BCUT2D eigenvalue weighted by Crippen LogP contribution is -2.53. The Labute approximate surface area is 111 Å². The van der Waals surface area contributed by atoms with E-state index in [-0.39, 0.29) is 5.54 Å². The van der Waals surface area contributed by atoms with Gasteiger partial charge in [0, 0.05) is 25.9 Å². The number of nitrogens with two attached hydrogens (primary N) is 1. The van der Waals surface area contributed by atoms with E-state index in [1.165, 1.54) is 16.8 Å². The molecule has 0 radical (unpaired) electrons. The molecule has 1 rings (SSSR count). The summed E-state index contributed by atoms with van der Waals surface area (Å²) in [4.78, 5) is 2.22. The minimum atomic E-state index is -0.170. The van der Waals surface area contributed by atoms with E-state index < -0.39 is 0 Å². The molecule has 0 amide bonds. The van der Waals surface area contributed by atoms with E-state index in [2.05, 4.69) is 50.9 Å². The molecule has 102 valence electrons. The molecule has 0 aliphatic carbocycles. The Morgan fingerprint density at radius 3 is 2.22 bits per heavy atom. The minimum Gasteiger partial charge on any atom is -0.379 e. The number of anilines is 1. The van der Waals surface area contributed by atoms with Crippen LogP contribution in [0.5, 0.6) is 0 Å². The Kier molecular flexibility index (Phi) is 5.17. The zero-order valence-electron chi connectivity index (χ0n) is 12.3. The van der Waals surface area contributed by atoms with Gasteiger partial charge in [-0.1, -0.05) is 6.07 Å². The lowest BCUT2D eigenvalue weighted by molar-refractivity contribution is 0.102. The molecular weight excluding hydrogens is 224 g/mol. The second-order valence-electron chi connectivity index (χ2n) is 5.24. The van der Waals surface area contributed by atoms with Gasteiger partial charge in [-0.25, -0.2) is 0 Å². The van der Waals surface area contributed by atoms with E-state index in [0.29, 0.717) is 13.2 Å². The molecular formula is C15H26N2O. The molecule has 0 spiro atoms. The summed E-state index contributed by atoms with van der Waals surface area (Å²) in [5.74, 6) is 0. The number of ether oxygens (including phenoxy) is 1. The number of nitrogens with zero attached hydrogens (tertiary/aromatic N) is 1. The monoisotopic (exact) mass is 250 g/mol. The van der Waals surface area contributed by atoms with E-state index in [4.69, 9.17) is 10.5 Å². The van der Waals surface area contributed by atoms with Crippen LogP contribution in [0.1, 0.15) is 25.0 Å². The van der Waals surface area contributed by atoms with Crippen molar-refractivity contribution in [2.75, 3.05) is 31.7 Å². The van der Waals surface area contributed by atoms with Crippen LogP contribution in [0, 0.1) is 13.8 Å². The molecule has 0 fully saturated rings. The van der Waals surface area contributed by atoms with Gasteiger partial charge in [0.15, 0.2) is 0 Å². The molecule has 0 bridgehead atoms. The van der Waals surface area contributed by atoms with Crippen molar-refractivity contribution in [1.29, 1.82) is 0 Å². The first-order chi connectivity index (χ1) is 8.42. The lowest BCUT2D eigenvalue weighted by Gasteiger charge is -2.39. The summed E-state index contributed by atoms with van der Waals surface area (Å²) >= 11 is 0. The molecule has 0 aromatic heterocycles. The molecule has 0 saturated heterocycles. The second-order valence-corrected chi connectivity index (χ2v) is 5.24. The van der Waals surface area contributed by atoms with Gasteiger partial charge in [-0.05, 0) is 51.0 Å². The number of hydrogen-bond acceptors (Lipinski definition) is 3. The van der Waals surface area contributed by atoms with Crippen LogP contribution >= 0.6 is 0 Å². The topological polar surface area (TPSA) is 38.5 Å². The van der Waals surface area contributed by atoms with E-state index in [9.17, 15) is 0 Å². The Hall–Kier alpha value is -1.06. The molecule has 1 aromatic carbocycles. The molecule has 0 aliphatic heterocycles. The Morgan fingerprint density at radius 2 is 1.78 bits per heavy atom. The van der Waals surface area contributed by atoms with Gasteiger partial charge < -0.3 is 15.4 Å². The van der Waals surface area contributed by atoms with E-state index in [0.717, 1.165) is 6.61 Å². The summed E-state index contributed by atoms with van der Waals surface area (Å²) in [5.41, 5.74) is 9.51. The zero-order valence-corrected chi connectivity index (χ0v) is 12.3. The molecule has 3 heteroatoms. The van der Waals surface area contributed by atoms with E-state index in [1.54, 1.807) is 0 Å². The van der Waals surface area contributed by atoms with Crippen LogP contribution in [-0.2, 0) is 4.74 Å². The van der Waals surface area contributed by atoms with Crippen LogP contribution in [-0.4, -0.2) is 32.3 Å². The van der Waals surface area contributed by atoms with Crippen molar-refractivity contribution in [3.05, 3.63) is 29.3 Å². The van der Waals surface area contributed by atoms with E-state index in [1.807, 2.05) is 6.92 Å². The molecule has 1 aromatic rings. The van der Waals surface area contributed by atoms with Crippen molar-refractivity contribution in [3.63, 3.8) is 0 Å². The maximum absolute atomic E-state index is 5.94. The highest BCUT2D eigenvalue weighted by molar-refractivity contribution is 5.52. The molecule has 18 heavy (non-hydrogen) atoms. The Morgan fingerprint density at radius 1 is 1.22 bits per heavy atom. The first-order valence-corrected chi connectivity index (χ1v) is 6.53. The largest absolute Gasteiger partial charge is 0.379 e. The highest BCUT2D eigenvalue weighted by Gasteiger charge is 2.28. The fraction of sp³-hybridized carbons (Fsp3) is 0.600.